The molecule has 0 bridgehead atoms. The highest BCUT2D eigenvalue weighted by atomic mass is 16.5. The minimum atomic E-state index is -0.407. The minimum Gasteiger partial charge on any atom is -0.486 e. The van der Waals surface area contributed by atoms with Gasteiger partial charge in [-0.2, -0.15) is 5.10 Å². The molecule has 2 aromatic heterocycles. The third kappa shape index (κ3) is 5.22. The first-order chi connectivity index (χ1) is 17.0. The lowest BCUT2D eigenvalue weighted by molar-refractivity contribution is 0.0991. The molecule has 8 nitrogen and oxygen atoms in total. The molecule has 0 saturated heterocycles. The van der Waals surface area contributed by atoms with Crippen molar-refractivity contribution < 1.29 is 18.7 Å². The quantitative estimate of drug-likeness (QED) is 0.341. The topological polar surface area (TPSA) is 98.4 Å². The first kappa shape index (κ1) is 22.0. The molecule has 174 valence electrons. The van der Waals surface area contributed by atoms with Gasteiger partial charge in [-0.15, -0.1) is 0 Å². The van der Waals surface area contributed by atoms with Gasteiger partial charge in [-0.1, -0.05) is 36.4 Å². The van der Waals surface area contributed by atoms with Crippen LogP contribution in [0, 0.1) is 0 Å². The van der Waals surface area contributed by atoms with Crippen LogP contribution < -0.4 is 15.4 Å². The maximum atomic E-state index is 12.7. The number of benzene rings is 3. The zero-order chi connectivity index (χ0) is 24.2. The number of carbonyl (C=O) groups is 2. The van der Waals surface area contributed by atoms with Crippen molar-refractivity contribution in [3.63, 3.8) is 0 Å². The van der Waals surface area contributed by atoms with Gasteiger partial charge in [0.2, 0.25) is 0 Å². The van der Waals surface area contributed by atoms with Gasteiger partial charge < -0.3 is 19.8 Å². The van der Waals surface area contributed by atoms with Crippen LogP contribution in [0.15, 0.2) is 95.5 Å². The molecule has 2 amide bonds. The highest BCUT2D eigenvalue weighted by Gasteiger charge is 2.14. The van der Waals surface area contributed by atoms with Crippen molar-refractivity contribution in [3.05, 3.63) is 108 Å². The second kappa shape index (κ2) is 9.56. The second-order valence-electron chi connectivity index (χ2n) is 7.93. The Hall–Kier alpha value is -4.85. The summed E-state index contributed by atoms with van der Waals surface area (Å²) < 4.78 is 13.0. The summed E-state index contributed by atoms with van der Waals surface area (Å²) in [6, 6.07) is 25.7. The molecular weight excluding hydrogens is 444 g/mol. The molecule has 0 aliphatic rings. The van der Waals surface area contributed by atoms with E-state index in [9.17, 15) is 9.59 Å². The summed E-state index contributed by atoms with van der Waals surface area (Å²) in [5.74, 6) is 0.659. The van der Waals surface area contributed by atoms with Crippen molar-refractivity contribution >= 4 is 34.0 Å². The molecule has 0 radical (unpaired) electrons. The third-order valence-corrected chi connectivity index (χ3v) is 5.31. The Balaban J connectivity index is 1.19. The fraction of sp³-hybridized carbons (Fsp3) is 0.0741. The lowest BCUT2D eigenvalue weighted by Crippen LogP contribution is -2.14. The molecule has 5 rings (SSSR count). The number of rotatable bonds is 7. The summed E-state index contributed by atoms with van der Waals surface area (Å²) in [6.07, 6.45) is 1.69. The summed E-state index contributed by atoms with van der Waals surface area (Å²) in [5.41, 5.74) is 1.34. The fourth-order valence-electron chi connectivity index (χ4n) is 3.59. The second-order valence-corrected chi connectivity index (χ2v) is 7.93. The molecule has 0 aliphatic heterocycles. The summed E-state index contributed by atoms with van der Waals surface area (Å²) >= 11 is 0. The molecule has 3 aromatic carbocycles. The highest BCUT2D eigenvalue weighted by Crippen LogP contribution is 2.22. The first-order valence-electron chi connectivity index (χ1n) is 11.0. The van der Waals surface area contributed by atoms with Crippen LogP contribution in [0.1, 0.15) is 26.8 Å². The van der Waals surface area contributed by atoms with Crippen molar-refractivity contribution in [3.8, 4) is 5.75 Å². The van der Waals surface area contributed by atoms with Gasteiger partial charge in [0.1, 0.15) is 18.1 Å². The Morgan fingerprint density at radius 3 is 2.40 bits per heavy atom. The molecule has 2 N–H and O–H groups in total. The maximum Gasteiger partial charge on any atom is 0.291 e. The van der Waals surface area contributed by atoms with Crippen LogP contribution in [0.3, 0.4) is 0 Å². The molecule has 0 atom stereocenters. The van der Waals surface area contributed by atoms with E-state index in [1.165, 1.54) is 0 Å². The molecule has 0 saturated carbocycles. The van der Waals surface area contributed by atoms with Gasteiger partial charge in [0.05, 0.1) is 0 Å². The predicted molar refractivity (Wildman–Crippen MR) is 133 cm³/mol. The molecule has 2 heterocycles. The van der Waals surface area contributed by atoms with Crippen LogP contribution >= 0.6 is 0 Å². The van der Waals surface area contributed by atoms with E-state index in [0.29, 0.717) is 22.8 Å². The average molecular weight is 466 g/mol. The SMILES string of the molecule is Cn1ccc(C(=O)Nc2cccc(NC(=O)c3ccc(COc4ccc5ccccc5c4)o3)c2)n1. The van der Waals surface area contributed by atoms with Crippen LogP contribution in [-0.2, 0) is 13.7 Å². The average Bonchev–Trinajstić information content (AvgIpc) is 3.52. The van der Waals surface area contributed by atoms with E-state index in [1.54, 1.807) is 60.4 Å². The van der Waals surface area contributed by atoms with Gasteiger partial charge in [-0.05, 0) is 59.3 Å². The lowest BCUT2D eigenvalue weighted by atomic mass is 10.1. The number of hydrogen-bond acceptors (Lipinski definition) is 5. The number of aromatic nitrogens is 2. The van der Waals surface area contributed by atoms with E-state index < -0.39 is 5.91 Å². The van der Waals surface area contributed by atoms with E-state index in [4.69, 9.17) is 9.15 Å². The van der Waals surface area contributed by atoms with E-state index >= 15 is 0 Å². The standard InChI is InChI=1S/C27H22N4O4/c1-31-14-13-24(30-31)26(32)28-20-7-4-8-21(16-20)29-27(33)25-12-11-23(35-25)17-34-22-10-9-18-5-2-3-6-19(18)15-22/h2-16H,17H2,1H3,(H,28,32)(H,29,33). The smallest absolute Gasteiger partial charge is 0.291 e. The lowest BCUT2D eigenvalue weighted by Gasteiger charge is -2.08. The van der Waals surface area contributed by atoms with Crippen molar-refractivity contribution in [1.29, 1.82) is 0 Å². The number of nitrogens with zero attached hydrogens (tertiary/aromatic N) is 2. The van der Waals surface area contributed by atoms with Crippen LogP contribution in [0.2, 0.25) is 0 Å². The summed E-state index contributed by atoms with van der Waals surface area (Å²) in [7, 11) is 1.74. The molecule has 8 heteroatoms. The van der Waals surface area contributed by atoms with Crippen LogP contribution in [0.25, 0.3) is 10.8 Å². The molecule has 0 spiro atoms. The maximum absolute atomic E-state index is 12.7. The van der Waals surface area contributed by atoms with E-state index in [1.807, 2.05) is 42.5 Å². The van der Waals surface area contributed by atoms with Crippen LogP contribution in [0.4, 0.5) is 11.4 Å². The number of ether oxygens (including phenoxy) is 1. The Morgan fingerprint density at radius 2 is 1.63 bits per heavy atom. The van der Waals surface area contributed by atoms with E-state index in [0.717, 1.165) is 16.5 Å². The number of carbonyl (C=O) groups excluding carboxylic acids is 2. The number of amides is 2. The predicted octanol–water partition coefficient (Wildman–Crippen LogP) is 5.25. The van der Waals surface area contributed by atoms with Crippen molar-refractivity contribution in [2.24, 2.45) is 7.05 Å². The third-order valence-electron chi connectivity index (χ3n) is 5.31. The molecule has 35 heavy (non-hydrogen) atoms. The van der Waals surface area contributed by atoms with Crippen molar-refractivity contribution in [2.45, 2.75) is 6.61 Å². The fourth-order valence-corrected chi connectivity index (χ4v) is 3.59. The zero-order valence-corrected chi connectivity index (χ0v) is 18.9. The molecule has 5 aromatic rings. The Kier molecular flexibility index (Phi) is 6.00. The minimum absolute atomic E-state index is 0.157. The number of nitrogens with one attached hydrogen (secondary N) is 2. The molecule has 0 aliphatic carbocycles. The van der Waals surface area contributed by atoms with Gasteiger partial charge >= 0.3 is 0 Å². The van der Waals surface area contributed by atoms with Gasteiger partial charge in [-0.25, -0.2) is 0 Å². The monoisotopic (exact) mass is 466 g/mol. The number of furan rings is 1. The molecule has 0 fully saturated rings. The van der Waals surface area contributed by atoms with Crippen LogP contribution in [0.5, 0.6) is 5.75 Å². The largest absolute Gasteiger partial charge is 0.486 e. The Labute approximate surface area is 201 Å². The van der Waals surface area contributed by atoms with Gasteiger partial charge in [0.25, 0.3) is 11.8 Å². The van der Waals surface area contributed by atoms with Crippen molar-refractivity contribution in [1.82, 2.24) is 9.78 Å². The van der Waals surface area contributed by atoms with Gasteiger partial charge in [-0.3, -0.25) is 14.3 Å². The zero-order valence-electron chi connectivity index (χ0n) is 18.9. The van der Waals surface area contributed by atoms with Gasteiger partial charge in [0, 0.05) is 24.6 Å². The Morgan fingerprint density at radius 1 is 0.857 bits per heavy atom. The first-order valence-corrected chi connectivity index (χ1v) is 11.0. The van der Waals surface area contributed by atoms with Gasteiger partial charge in [0.15, 0.2) is 11.5 Å². The normalized spacial score (nSPS) is 10.8. The van der Waals surface area contributed by atoms with E-state index in [-0.39, 0.29) is 18.3 Å². The van der Waals surface area contributed by atoms with Crippen molar-refractivity contribution in [2.75, 3.05) is 10.6 Å². The number of anilines is 2. The summed E-state index contributed by atoms with van der Waals surface area (Å²) in [5, 5.41) is 11.8. The van der Waals surface area contributed by atoms with E-state index in [2.05, 4.69) is 15.7 Å². The summed E-state index contributed by atoms with van der Waals surface area (Å²) in [6.45, 7) is 0.195. The highest BCUT2D eigenvalue weighted by molar-refractivity contribution is 6.04. The number of aryl methyl sites for hydroxylation is 1. The Bertz CT molecular complexity index is 1520. The number of hydrogen-bond donors (Lipinski definition) is 2. The van der Waals surface area contributed by atoms with Crippen LogP contribution in [-0.4, -0.2) is 21.6 Å². The number of fused-ring (bicyclic) bond motifs is 1. The molecular formula is C27H22N4O4. The molecule has 0 unspecified atom stereocenters. The summed E-state index contributed by atoms with van der Waals surface area (Å²) in [4.78, 5) is 25.0.